The molecule has 2 saturated heterocycles. The number of pyridine rings is 1. The highest BCUT2D eigenvalue weighted by Crippen LogP contribution is 2.32. The predicted molar refractivity (Wildman–Crippen MR) is 117 cm³/mol. The molecule has 0 unspecified atom stereocenters. The van der Waals surface area contributed by atoms with E-state index in [1.54, 1.807) is 6.20 Å². The summed E-state index contributed by atoms with van der Waals surface area (Å²) >= 11 is 0. The molecule has 156 valence electrons. The Hall–Kier alpha value is -2.93. The molecule has 0 saturated carbocycles. The number of hydrogen-bond acceptors (Lipinski definition) is 7. The van der Waals surface area contributed by atoms with Gasteiger partial charge in [-0.2, -0.15) is 5.10 Å². The molecule has 2 aromatic heterocycles. The van der Waals surface area contributed by atoms with Gasteiger partial charge in [0.15, 0.2) is 0 Å². The van der Waals surface area contributed by atoms with Crippen molar-refractivity contribution in [1.82, 2.24) is 15.2 Å². The van der Waals surface area contributed by atoms with Crippen LogP contribution < -0.4 is 14.5 Å². The standard InChI is InChI=1S/C23H27N5O2/c29-14-10-17-8-12-27(13-9-17)21-7-11-24-26-23(21)30-19-15-28(16-19)22-6-5-18-3-1-2-4-20(18)25-22/h1-7,11,17,19,29H,8-10,12-16H2. The summed E-state index contributed by atoms with van der Waals surface area (Å²) in [5, 5.41) is 18.7. The molecule has 4 heterocycles. The maximum absolute atomic E-state index is 9.17. The summed E-state index contributed by atoms with van der Waals surface area (Å²) in [7, 11) is 0. The van der Waals surface area contributed by atoms with E-state index in [9.17, 15) is 5.11 Å². The number of para-hydroxylation sites is 1. The van der Waals surface area contributed by atoms with Gasteiger partial charge in [-0.25, -0.2) is 4.98 Å². The van der Waals surface area contributed by atoms with Crippen LogP contribution in [0, 0.1) is 5.92 Å². The molecule has 0 radical (unpaired) electrons. The number of benzene rings is 1. The van der Waals surface area contributed by atoms with Crippen LogP contribution in [-0.2, 0) is 0 Å². The second-order valence-electron chi connectivity index (χ2n) is 8.17. The summed E-state index contributed by atoms with van der Waals surface area (Å²) in [5.41, 5.74) is 2.04. The van der Waals surface area contributed by atoms with Crippen LogP contribution in [-0.4, -0.2) is 59.2 Å². The van der Waals surface area contributed by atoms with Gasteiger partial charge < -0.3 is 19.6 Å². The van der Waals surface area contributed by atoms with E-state index >= 15 is 0 Å². The molecule has 0 aliphatic carbocycles. The van der Waals surface area contributed by atoms with E-state index < -0.39 is 0 Å². The van der Waals surface area contributed by atoms with E-state index in [2.05, 4.69) is 38.2 Å². The van der Waals surface area contributed by atoms with Crippen molar-refractivity contribution in [2.75, 3.05) is 42.6 Å². The van der Waals surface area contributed by atoms with E-state index in [1.807, 2.05) is 24.3 Å². The Labute approximate surface area is 176 Å². The second-order valence-corrected chi connectivity index (χ2v) is 8.17. The molecular formula is C23H27N5O2. The zero-order valence-electron chi connectivity index (χ0n) is 17.0. The molecule has 3 aromatic rings. The number of nitrogens with zero attached hydrogens (tertiary/aromatic N) is 5. The molecule has 2 aliphatic rings. The van der Waals surface area contributed by atoms with Gasteiger partial charge in [0.1, 0.15) is 17.6 Å². The zero-order valence-corrected chi connectivity index (χ0v) is 17.0. The summed E-state index contributed by atoms with van der Waals surface area (Å²) < 4.78 is 6.22. The topological polar surface area (TPSA) is 74.6 Å². The lowest BCUT2D eigenvalue weighted by atomic mass is 9.94. The largest absolute Gasteiger partial charge is 0.468 e. The van der Waals surface area contributed by atoms with Crippen LogP contribution in [0.2, 0.25) is 0 Å². The Morgan fingerprint density at radius 1 is 1.00 bits per heavy atom. The first-order valence-electron chi connectivity index (χ1n) is 10.7. The van der Waals surface area contributed by atoms with Crippen LogP contribution >= 0.6 is 0 Å². The molecule has 2 fully saturated rings. The number of aromatic nitrogens is 3. The third kappa shape index (κ3) is 3.89. The minimum absolute atomic E-state index is 0.0839. The van der Waals surface area contributed by atoms with Gasteiger partial charge in [0, 0.05) is 25.1 Å². The van der Waals surface area contributed by atoms with Crippen molar-refractivity contribution in [2.24, 2.45) is 5.92 Å². The highest BCUT2D eigenvalue weighted by molar-refractivity contribution is 5.80. The summed E-state index contributed by atoms with van der Waals surface area (Å²) in [6.45, 7) is 3.79. The number of aliphatic hydroxyl groups excluding tert-OH is 1. The van der Waals surface area contributed by atoms with Crippen LogP contribution in [0.1, 0.15) is 19.3 Å². The molecule has 7 nitrogen and oxygen atoms in total. The fourth-order valence-corrected chi connectivity index (χ4v) is 4.37. The van der Waals surface area contributed by atoms with E-state index in [4.69, 9.17) is 9.72 Å². The van der Waals surface area contributed by atoms with Gasteiger partial charge in [-0.3, -0.25) is 0 Å². The van der Waals surface area contributed by atoms with Crippen LogP contribution in [0.15, 0.2) is 48.7 Å². The molecule has 5 rings (SSSR count). The van der Waals surface area contributed by atoms with Gasteiger partial charge in [-0.15, -0.1) is 5.10 Å². The zero-order chi connectivity index (χ0) is 20.3. The number of hydrogen-bond donors (Lipinski definition) is 1. The van der Waals surface area contributed by atoms with Gasteiger partial charge >= 0.3 is 0 Å². The van der Waals surface area contributed by atoms with Crippen molar-refractivity contribution < 1.29 is 9.84 Å². The van der Waals surface area contributed by atoms with Crippen molar-refractivity contribution in [1.29, 1.82) is 0 Å². The van der Waals surface area contributed by atoms with Crippen molar-refractivity contribution in [3.8, 4) is 5.88 Å². The first kappa shape index (κ1) is 19.1. The fourth-order valence-electron chi connectivity index (χ4n) is 4.37. The number of piperidine rings is 1. The van der Waals surface area contributed by atoms with Gasteiger partial charge in [0.2, 0.25) is 0 Å². The molecular weight excluding hydrogens is 378 g/mol. The second kappa shape index (κ2) is 8.44. The lowest BCUT2D eigenvalue weighted by Crippen LogP contribution is -2.54. The van der Waals surface area contributed by atoms with Gasteiger partial charge in [0.05, 0.1) is 24.8 Å². The molecule has 0 amide bonds. The minimum Gasteiger partial charge on any atom is -0.468 e. The van der Waals surface area contributed by atoms with Crippen LogP contribution in [0.4, 0.5) is 11.5 Å². The monoisotopic (exact) mass is 405 g/mol. The summed E-state index contributed by atoms with van der Waals surface area (Å²) in [5.74, 6) is 2.22. The average molecular weight is 406 g/mol. The summed E-state index contributed by atoms with van der Waals surface area (Å²) in [4.78, 5) is 9.33. The predicted octanol–water partition coefficient (Wildman–Crippen LogP) is 2.89. The summed E-state index contributed by atoms with van der Waals surface area (Å²) in [6.07, 6.45) is 4.89. The molecule has 30 heavy (non-hydrogen) atoms. The molecule has 1 aromatic carbocycles. The van der Waals surface area contributed by atoms with Crippen LogP contribution in [0.25, 0.3) is 10.9 Å². The van der Waals surface area contributed by atoms with Gasteiger partial charge in [0.25, 0.3) is 5.88 Å². The highest BCUT2D eigenvalue weighted by atomic mass is 16.5. The Bertz CT molecular complexity index is 1000. The number of ether oxygens (including phenoxy) is 1. The first-order valence-corrected chi connectivity index (χ1v) is 10.7. The maximum atomic E-state index is 9.17. The smallest absolute Gasteiger partial charge is 0.257 e. The van der Waals surface area contributed by atoms with Crippen LogP contribution in [0.5, 0.6) is 5.88 Å². The van der Waals surface area contributed by atoms with Gasteiger partial charge in [-0.1, -0.05) is 18.2 Å². The minimum atomic E-state index is 0.0839. The maximum Gasteiger partial charge on any atom is 0.257 e. The van der Waals surface area contributed by atoms with Crippen molar-refractivity contribution in [2.45, 2.75) is 25.4 Å². The van der Waals surface area contributed by atoms with Crippen molar-refractivity contribution in [3.05, 3.63) is 48.7 Å². The highest BCUT2D eigenvalue weighted by Gasteiger charge is 2.31. The number of anilines is 2. The Balaban J connectivity index is 1.21. The Morgan fingerprint density at radius 2 is 1.83 bits per heavy atom. The molecule has 0 bridgehead atoms. The first-order chi connectivity index (χ1) is 14.8. The van der Waals surface area contributed by atoms with E-state index in [-0.39, 0.29) is 12.7 Å². The van der Waals surface area contributed by atoms with E-state index in [0.717, 1.165) is 67.8 Å². The lowest BCUT2D eigenvalue weighted by molar-refractivity contribution is 0.158. The Kier molecular flexibility index (Phi) is 5.36. The molecule has 0 spiro atoms. The van der Waals surface area contributed by atoms with Crippen molar-refractivity contribution in [3.63, 3.8) is 0 Å². The molecule has 2 aliphatic heterocycles. The lowest BCUT2D eigenvalue weighted by Gasteiger charge is -2.40. The van der Waals surface area contributed by atoms with E-state index in [1.165, 1.54) is 0 Å². The molecule has 7 heteroatoms. The fraction of sp³-hybridized carbons (Fsp3) is 0.435. The number of rotatable bonds is 6. The van der Waals surface area contributed by atoms with Crippen LogP contribution in [0.3, 0.4) is 0 Å². The van der Waals surface area contributed by atoms with E-state index in [0.29, 0.717) is 11.8 Å². The summed E-state index contributed by atoms with van der Waals surface area (Å²) in [6, 6.07) is 14.4. The quantitative estimate of drug-likeness (QED) is 0.676. The normalized spacial score (nSPS) is 17.9. The average Bonchev–Trinajstić information content (AvgIpc) is 2.77. The molecule has 0 atom stereocenters. The SMILES string of the molecule is OCCC1CCN(c2ccnnc2OC2CN(c3ccc4ccccc4n3)C2)CC1. The van der Waals surface area contributed by atoms with Crippen molar-refractivity contribution >= 4 is 22.4 Å². The third-order valence-corrected chi connectivity index (χ3v) is 6.19. The third-order valence-electron chi connectivity index (χ3n) is 6.19. The molecule has 1 N–H and O–H groups in total. The number of aliphatic hydroxyl groups is 1. The Morgan fingerprint density at radius 3 is 2.67 bits per heavy atom. The number of fused-ring (bicyclic) bond motifs is 1. The van der Waals surface area contributed by atoms with Gasteiger partial charge in [-0.05, 0) is 49.4 Å².